The van der Waals surface area contributed by atoms with Crippen molar-refractivity contribution in [2.24, 2.45) is 5.73 Å². The van der Waals surface area contributed by atoms with Crippen molar-refractivity contribution in [2.45, 2.75) is 12.0 Å². The largest absolute Gasteiger partial charge is 0.388 e. The normalized spacial score (nSPS) is 14.1. The second-order valence-electron chi connectivity index (χ2n) is 4.21. The molecule has 0 fully saturated rings. The number of hydrogen-bond acceptors (Lipinski definition) is 3. The van der Waals surface area contributed by atoms with Gasteiger partial charge in [-0.15, -0.1) is 0 Å². The Kier molecular flexibility index (Phi) is 4.47. The molecule has 1 aromatic carbocycles. The summed E-state index contributed by atoms with van der Waals surface area (Å²) >= 11 is 6.01. The predicted molar refractivity (Wildman–Crippen MR) is 72.4 cm³/mol. The number of benzene rings is 1. The van der Waals surface area contributed by atoms with Crippen LogP contribution in [-0.2, 0) is 0 Å². The first kappa shape index (κ1) is 13.9. The molecular weight excluding hydrogens is 267 g/mol. The van der Waals surface area contributed by atoms with Crippen molar-refractivity contribution in [3.63, 3.8) is 0 Å². The van der Waals surface area contributed by atoms with Gasteiger partial charge in [-0.25, -0.2) is 4.39 Å². The predicted octanol–water partition coefficient (Wildman–Crippen LogP) is 2.65. The number of aromatic nitrogens is 1. The van der Waals surface area contributed by atoms with Crippen molar-refractivity contribution >= 4 is 11.6 Å². The van der Waals surface area contributed by atoms with Crippen LogP contribution < -0.4 is 5.73 Å². The van der Waals surface area contributed by atoms with Crippen molar-refractivity contribution in [2.75, 3.05) is 6.54 Å². The standard InChI is InChI=1S/C14H14ClFN2O/c15-11-4-1-5-12(16)13(11)10(7-17)14(19)9-3-2-6-18-8-9/h1-6,8,10,14,19H,7,17H2. The fourth-order valence-corrected chi connectivity index (χ4v) is 2.36. The van der Waals surface area contributed by atoms with Gasteiger partial charge in [0.25, 0.3) is 0 Å². The number of nitrogens with zero attached hydrogens (tertiary/aromatic N) is 1. The Labute approximate surface area is 115 Å². The molecule has 0 bridgehead atoms. The summed E-state index contributed by atoms with van der Waals surface area (Å²) in [5.41, 5.74) is 6.49. The smallest absolute Gasteiger partial charge is 0.128 e. The Hall–Kier alpha value is -1.49. The lowest BCUT2D eigenvalue weighted by molar-refractivity contribution is 0.145. The summed E-state index contributed by atoms with van der Waals surface area (Å²) in [5, 5.41) is 10.6. The lowest BCUT2D eigenvalue weighted by Gasteiger charge is -2.23. The van der Waals surface area contributed by atoms with E-state index in [2.05, 4.69) is 4.98 Å². The molecule has 0 spiro atoms. The van der Waals surface area contributed by atoms with E-state index in [0.29, 0.717) is 5.56 Å². The molecule has 2 rings (SSSR count). The lowest BCUT2D eigenvalue weighted by Crippen LogP contribution is -2.21. The minimum Gasteiger partial charge on any atom is -0.388 e. The Balaban J connectivity index is 2.40. The first-order valence-electron chi connectivity index (χ1n) is 5.87. The van der Waals surface area contributed by atoms with Gasteiger partial charge in [0.1, 0.15) is 5.82 Å². The average molecular weight is 281 g/mol. The fraction of sp³-hybridized carbons (Fsp3) is 0.214. The van der Waals surface area contributed by atoms with Crippen LogP contribution in [-0.4, -0.2) is 16.6 Å². The average Bonchev–Trinajstić information content (AvgIpc) is 2.43. The van der Waals surface area contributed by atoms with Crippen LogP contribution in [0.2, 0.25) is 5.02 Å². The molecule has 0 aliphatic heterocycles. The zero-order valence-electron chi connectivity index (χ0n) is 10.1. The number of nitrogens with two attached hydrogens (primary N) is 1. The molecular formula is C14H14ClFN2O. The maximum absolute atomic E-state index is 13.9. The molecule has 2 aromatic rings. The van der Waals surface area contributed by atoms with E-state index in [0.717, 1.165) is 0 Å². The summed E-state index contributed by atoms with van der Waals surface area (Å²) in [6.45, 7) is 0.0801. The number of halogens is 2. The van der Waals surface area contributed by atoms with E-state index in [9.17, 15) is 9.50 Å². The molecule has 19 heavy (non-hydrogen) atoms. The summed E-state index contributed by atoms with van der Waals surface area (Å²) in [4.78, 5) is 3.93. The van der Waals surface area contributed by atoms with Crippen molar-refractivity contribution in [1.29, 1.82) is 0 Å². The van der Waals surface area contributed by atoms with Crippen LogP contribution >= 0.6 is 11.6 Å². The third kappa shape index (κ3) is 2.92. The molecule has 0 saturated carbocycles. The maximum atomic E-state index is 13.9. The molecule has 100 valence electrons. The third-order valence-electron chi connectivity index (χ3n) is 3.03. The van der Waals surface area contributed by atoms with Gasteiger partial charge in [0, 0.05) is 35.4 Å². The van der Waals surface area contributed by atoms with E-state index >= 15 is 0 Å². The molecule has 0 saturated heterocycles. The summed E-state index contributed by atoms with van der Waals surface area (Å²) in [5.74, 6) is -1.08. The van der Waals surface area contributed by atoms with Crippen LogP contribution in [0.5, 0.6) is 0 Å². The zero-order valence-corrected chi connectivity index (χ0v) is 10.9. The van der Waals surface area contributed by atoms with Gasteiger partial charge < -0.3 is 10.8 Å². The number of rotatable bonds is 4. The van der Waals surface area contributed by atoms with Crippen LogP contribution in [0.1, 0.15) is 23.1 Å². The molecule has 0 aliphatic carbocycles. The molecule has 3 N–H and O–H groups in total. The molecule has 0 radical (unpaired) electrons. The maximum Gasteiger partial charge on any atom is 0.128 e. The Morgan fingerprint density at radius 3 is 2.68 bits per heavy atom. The van der Waals surface area contributed by atoms with E-state index in [1.54, 1.807) is 24.4 Å². The van der Waals surface area contributed by atoms with Crippen LogP contribution in [0, 0.1) is 5.82 Å². The van der Waals surface area contributed by atoms with Gasteiger partial charge in [0.2, 0.25) is 0 Å². The molecule has 1 aromatic heterocycles. The summed E-state index contributed by atoms with van der Waals surface area (Å²) in [7, 11) is 0. The molecule has 0 aliphatic rings. The number of hydrogen-bond donors (Lipinski definition) is 2. The van der Waals surface area contributed by atoms with Crippen molar-refractivity contribution < 1.29 is 9.50 Å². The molecule has 1 heterocycles. The van der Waals surface area contributed by atoms with Crippen LogP contribution in [0.4, 0.5) is 4.39 Å². The SMILES string of the molecule is NCC(c1c(F)cccc1Cl)C(O)c1cccnc1. The quantitative estimate of drug-likeness (QED) is 0.905. The van der Waals surface area contributed by atoms with E-state index in [1.165, 1.54) is 18.3 Å². The van der Waals surface area contributed by atoms with E-state index < -0.39 is 17.8 Å². The van der Waals surface area contributed by atoms with Crippen molar-refractivity contribution in [3.05, 3.63) is 64.7 Å². The Bertz CT molecular complexity index is 530. The minimum absolute atomic E-state index is 0.0801. The fourth-order valence-electron chi connectivity index (χ4n) is 2.05. The molecule has 3 nitrogen and oxygen atoms in total. The molecule has 0 amide bonds. The van der Waals surface area contributed by atoms with Gasteiger partial charge in [-0.05, 0) is 23.8 Å². The first-order chi connectivity index (χ1) is 9.15. The lowest BCUT2D eigenvalue weighted by atomic mass is 9.89. The highest BCUT2D eigenvalue weighted by Crippen LogP contribution is 2.35. The van der Waals surface area contributed by atoms with Crippen LogP contribution in [0.25, 0.3) is 0 Å². The van der Waals surface area contributed by atoms with Gasteiger partial charge in [0.05, 0.1) is 6.10 Å². The highest BCUT2D eigenvalue weighted by atomic mass is 35.5. The summed E-state index contributed by atoms with van der Waals surface area (Å²) in [6.07, 6.45) is 2.18. The number of pyridine rings is 1. The van der Waals surface area contributed by atoms with Crippen molar-refractivity contribution in [1.82, 2.24) is 4.98 Å². The Morgan fingerprint density at radius 1 is 1.32 bits per heavy atom. The van der Waals surface area contributed by atoms with E-state index in [-0.39, 0.29) is 17.1 Å². The Morgan fingerprint density at radius 2 is 2.11 bits per heavy atom. The second-order valence-corrected chi connectivity index (χ2v) is 4.62. The van der Waals surface area contributed by atoms with Gasteiger partial charge >= 0.3 is 0 Å². The van der Waals surface area contributed by atoms with Crippen molar-refractivity contribution in [3.8, 4) is 0 Å². The van der Waals surface area contributed by atoms with Crippen LogP contribution in [0.15, 0.2) is 42.7 Å². The summed E-state index contributed by atoms with van der Waals surface area (Å²) < 4.78 is 13.9. The van der Waals surface area contributed by atoms with Gasteiger partial charge in [0.15, 0.2) is 0 Å². The molecule has 2 atom stereocenters. The van der Waals surface area contributed by atoms with E-state index in [4.69, 9.17) is 17.3 Å². The van der Waals surface area contributed by atoms with Crippen LogP contribution in [0.3, 0.4) is 0 Å². The van der Waals surface area contributed by atoms with Gasteiger partial charge in [-0.2, -0.15) is 0 Å². The number of aliphatic hydroxyl groups excluding tert-OH is 1. The monoisotopic (exact) mass is 280 g/mol. The molecule has 5 heteroatoms. The minimum atomic E-state index is -0.951. The zero-order chi connectivity index (χ0) is 13.8. The van der Waals surface area contributed by atoms with Gasteiger partial charge in [-0.3, -0.25) is 4.98 Å². The highest BCUT2D eigenvalue weighted by molar-refractivity contribution is 6.31. The first-order valence-corrected chi connectivity index (χ1v) is 6.25. The highest BCUT2D eigenvalue weighted by Gasteiger charge is 2.26. The topological polar surface area (TPSA) is 59.1 Å². The molecule has 2 unspecified atom stereocenters. The van der Waals surface area contributed by atoms with Gasteiger partial charge in [-0.1, -0.05) is 23.7 Å². The number of aliphatic hydroxyl groups is 1. The third-order valence-corrected chi connectivity index (χ3v) is 3.36. The van der Waals surface area contributed by atoms with E-state index in [1.807, 2.05) is 0 Å². The second kappa shape index (κ2) is 6.10. The summed E-state index contributed by atoms with van der Waals surface area (Å²) in [6, 6.07) is 7.83.